The van der Waals surface area contributed by atoms with Crippen LogP contribution in [0.1, 0.15) is 29.5 Å². The quantitative estimate of drug-likeness (QED) is 0.450. The molecule has 35 heavy (non-hydrogen) atoms. The van der Waals surface area contributed by atoms with Crippen molar-refractivity contribution in [1.82, 2.24) is 10.2 Å². The van der Waals surface area contributed by atoms with E-state index in [-0.39, 0.29) is 17.3 Å². The van der Waals surface area contributed by atoms with Crippen LogP contribution in [-0.2, 0) is 27.9 Å². The van der Waals surface area contributed by atoms with Crippen molar-refractivity contribution < 1.29 is 13.2 Å². The summed E-state index contributed by atoms with van der Waals surface area (Å²) in [4.78, 5) is 15.6. The Bertz CT molecular complexity index is 1280. The van der Waals surface area contributed by atoms with Crippen LogP contribution >= 0.6 is 11.6 Å². The molecular formula is C27H30ClN3O3S. The van der Waals surface area contributed by atoms with Crippen molar-refractivity contribution in [3.8, 4) is 0 Å². The van der Waals surface area contributed by atoms with Gasteiger partial charge in [0.2, 0.25) is 5.91 Å². The lowest BCUT2D eigenvalue weighted by Crippen LogP contribution is -2.41. The van der Waals surface area contributed by atoms with Gasteiger partial charge in [0.1, 0.15) is 6.54 Å². The Morgan fingerprint density at radius 1 is 0.943 bits per heavy atom. The third-order valence-electron chi connectivity index (χ3n) is 6.31. The zero-order valence-corrected chi connectivity index (χ0v) is 21.4. The molecule has 4 rings (SSSR count). The Balaban J connectivity index is 1.54. The van der Waals surface area contributed by atoms with Gasteiger partial charge in [0.05, 0.1) is 10.6 Å². The highest BCUT2D eigenvalue weighted by atomic mass is 35.5. The molecule has 0 aromatic heterocycles. The number of anilines is 1. The van der Waals surface area contributed by atoms with Crippen LogP contribution in [0.15, 0.2) is 77.7 Å². The van der Waals surface area contributed by atoms with Gasteiger partial charge < -0.3 is 5.32 Å². The first-order chi connectivity index (χ1) is 16.9. The molecule has 0 spiro atoms. The largest absolute Gasteiger partial charge is 0.350 e. The summed E-state index contributed by atoms with van der Waals surface area (Å²) in [6, 6.07) is 21.2. The van der Waals surface area contributed by atoms with Crippen molar-refractivity contribution >= 4 is 33.2 Å². The number of halogens is 1. The third-order valence-corrected chi connectivity index (χ3v) is 8.50. The maximum absolute atomic E-state index is 13.6. The summed E-state index contributed by atoms with van der Waals surface area (Å²) in [6.07, 6.45) is 2.43. The van der Waals surface area contributed by atoms with Gasteiger partial charge in [-0.2, -0.15) is 0 Å². The van der Waals surface area contributed by atoms with Crippen LogP contribution in [-0.4, -0.2) is 38.9 Å². The minimum absolute atomic E-state index is 0.114. The highest BCUT2D eigenvalue weighted by Gasteiger charge is 2.28. The number of nitrogens with zero attached hydrogens (tertiary/aromatic N) is 2. The first-order valence-electron chi connectivity index (χ1n) is 11.7. The average molecular weight is 512 g/mol. The lowest BCUT2D eigenvalue weighted by molar-refractivity contribution is -0.119. The smallest absolute Gasteiger partial charge is 0.264 e. The van der Waals surface area contributed by atoms with E-state index in [0.717, 1.165) is 29.5 Å². The number of nitrogens with one attached hydrogen (secondary N) is 1. The molecule has 3 aromatic rings. The van der Waals surface area contributed by atoms with Gasteiger partial charge in [0.15, 0.2) is 0 Å². The summed E-state index contributed by atoms with van der Waals surface area (Å²) in [5, 5.41) is 3.36. The molecule has 6 nitrogen and oxygen atoms in total. The molecule has 0 bridgehead atoms. The van der Waals surface area contributed by atoms with Crippen LogP contribution < -0.4 is 9.62 Å². The average Bonchev–Trinajstić information content (AvgIpc) is 3.37. The van der Waals surface area contributed by atoms with Crippen LogP contribution in [0, 0.1) is 6.92 Å². The summed E-state index contributed by atoms with van der Waals surface area (Å²) in [6.45, 7) is 4.75. The van der Waals surface area contributed by atoms with E-state index in [4.69, 9.17) is 11.6 Å². The van der Waals surface area contributed by atoms with E-state index in [0.29, 0.717) is 22.8 Å². The molecule has 1 amide bonds. The third kappa shape index (κ3) is 6.04. The topological polar surface area (TPSA) is 69.7 Å². The molecule has 1 heterocycles. The Hall–Kier alpha value is -2.87. The second-order valence-electron chi connectivity index (χ2n) is 8.74. The lowest BCUT2D eigenvalue weighted by atomic mass is 10.1. The molecule has 3 aromatic carbocycles. The number of rotatable bonds is 9. The monoisotopic (exact) mass is 511 g/mol. The summed E-state index contributed by atoms with van der Waals surface area (Å²) in [5.41, 5.74) is 3.18. The van der Waals surface area contributed by atoms with Crippen molar-refractivity contribution in [3.05, 3.63) is 94.5 Å². The molecular weight excluding hydrogens is 482 g/mol. The van der Waals surface area contributed by atoms with E-state index >= 15 is 0 Å². The normalized spacial score (nSPS) is 14.1. The van der Waals surface area contributed by atoms with Crippen molar-refractivity contribution in [2.24, 2.45) is 0 Å². The maximum atomic E-state index is 13.6. The molecule has 184 valence electrons. The molecule has 1 N–H and O–H groups in total. The Kier molecular flexibility index (Phi) is 8.11. The van der Waals surface area contributed by atoms with Crippen LogP contribution in [0.5, 0.6) is 0 Å². The summed E-state index contributed by atoms with van der Waals surface area (Å²) < 4.78 is 28.2. The predicted molar refractivity (Wildman–Crippen MR) is 140 cm³/mol. The molecule has 0 atom stereocenters. The number of hydrogen-bond donors (Lipinski definition) is 1. The van der Waals surface area contributed by atoms with Gasteiger partial charge in [-0.1, -0.05) is 60.1 Å². The molecule has 0 aliphatic carbocycles. The van der Waals surface area contributed by atoms with Gasteiger partial charge in [-0.3, -0.25) is 14.0 Å². The van der Waals surface area contributed by atoms with Gasteiger partial charge in [-0.15, -0.1) is 0 Å². The van der Waals surface area contributed by atoms with Crippen LogP contribution in [0.25, 0.3) is 0 Å². The fourth-order valence-corrected chi connectivity index (χ4v) is 6.00. The number of likely N-dealkylation sites (tertiary alicyclic amines) is 1. The molecule has 0 unspecified atom stereocenters. The van der Waals surface area contributed by atoms with Crippen molar-refractivity contribution in [2.45, 2.75) is 37.8 Å². The predicted octanol–water partition coefficient (Wildman–Crippen LogP) is 4.76. The molecule has 8 heteroatoms. The van der Waals surface area contributed by atoms with Crippen molar-refractivity contribution in [1.29, 1.82) is 0 Å². The van der Waals surface area contributed by atoms with E-state index in [1.165, 1.54) is 30.5 Å². The van der Waals surface area contributed by atoms with E-state index < -0.39 is 10.0 Å². The van der Waals surface area contributed by atoms with E-state index in [2.05, 4.69) is 16.3 Å². The molecule has 1 fully saturated rings. The molecule has 1 aliphatic heterocycles. The van der Waals surface area contributed by atoms with E-state index in [1.54, 1.807) is 43.3 Å². The number of carbonyl (C=O) groups is 1. The number of sulfonamides is 1. The van der Waals surface area contributed by atoms with Gasteiger partial charge in [-0.25, -0.2) is 8.42 Å². The number of amides is 1. The Labute approximate surface area is 212 Å². The molecule has 1 aliphatic rings. The van der Waals surface area contributed by atoms with Crippen LogP contribution in [0.2, 0.25) is 5.02 Å². The fraction of sp³-hybridized carbons (Fsp3) is 0.296. The Morgan fingerprint density at radius 2 is 1.60 bits per heavy atom. The highest BCUT2D eigenvalue weighted by Crippen LogP contribution is 2.30. The molecule has 0 saturated carbocycles. The zero-order chi connectivity index (χ0) is 24.8. The van der Waals surface area contributed by atoms with Crippen LogP contribution in [0.3, 0.4) is 0 Å². The second kappa shape index (κ2) is 11.2. The van der Waals surface area contributed by atoms with Gasteiger partial charge in [0.25, 0.3) is 10.0 Å². The summed E-state index contributed by atoms with van der Waals surface area (Å²) >= 11 is 6.29. The summed E-state index contributed by atoms with van der Waals surface area (Å²) in [7, 11) is -3.99. The van der Waals surface area contributed by atoms with Crippen molar-refractivity contribution in [3.63, 3.8) is 0 Å². The minimum atomic E-state index is -3.99. The number of benzene rings is 3. The first-order valence-corrected chi connectivity index (χ1v) is 13.6. The van der Waals surface area contributed by atoms with E-state index in [9.17, 15) is 13.2 Å². The highest BCUT2D eigenvalue weighted by molar-refractivity contribution is 7.92. The van der Waals surface area contributed by atoms with Gasteiger partial charge in [-0.05, 0) is 73.8 Å². The minimum Gasteiger partial charge on any atom is -0.350 e. The number of carbonyl (C=O) groups excluding carboxylic acids is 1. The standard InChI is InChI=1S/C27H30ClN3O3S/c1-21-25(28)14-9-15-26(21)31(35(33,34)24-12-3-2-4-13-24)20-27(32)29-18-22-10-5-6-11-23(22)19-30-16-7-8-17-30/h2-6,9-15H,7-8,16-20H2,1H3,(H,29,32). The van der Waals surface area contributed by atoms with Gasteiger partial charge >= 0.3 is 0 Å². The lowest BCUT2D eigenvalue weighted by Gasteiger charge is -2.26. The maximum Gasteiger partial charge on any atom is 0.264 e. The fourth-order valence-electron chi connectivity index (χ4n) is 4.33. The molecule has 0 radical (unpaired) electrons. The number of hydrogen-bond acceptors (Lipinski definition) is 4. The summed E-state index contributed by atoms with van der Waals surface area (Å²) in [5.74, 6) is -0.389. The van der Waals surface area contributed by atoms with Crippen molar-refractivity contribution in [2.75, 3.05) is 23.9 Å². The SMILES string of the molecule is Cc1c(Cl)cccc1N(CC(=O)NCc1ccccc1CN1CCCC1)S(=O)(=O)c1ccccc1. The molecule has 1 saturated heterocycles. The Morgan fingerprint density at radius 3 is 2.31 bits per heavy atom. The second-order valence-corrected chi connectivity index (χ2v) is 11.0. The van der Waals surface area contributed by atoms with Crippen LogP contribution in [0.4, 0.5) is 5.69 Å². The van der Waals surface area contributed by atoms with E-state index in [1.807, 2.05) is 18.2 Å². The zero-order valence-electron chi connectivity index (χ0n) is 19.8. The first kappa shape index (κ1) is 25.2. The van der Waals surface area contributed by atoms with Gasteiger partial charge in [0, 0.05) is 18.1 Å².